The largest absolute Gasteiger partial charge is 0.495 e. The monoisotopic (exact) mass is 450 g/mol. The molecule has 0 atom stereocenters. The molecule has 132 valence electrons. The van der Waals surface area contributed by atoms with E-state index >= 15 is 0 Å². The predicted octanol–water partition coefficient (Wildman–Crippen LogP) is 3.94. The van der Waals surface area contributed by atoms with Gasteiger partial charge in [0.2, 0.25) is 0 Å². The third-order valence-electron chi connectivity index (χ3n) is 3.67. The van der Waals surface area contributed by atoms with E-state index in [0.717, 1.165) is 4.47 Å². The molecule has 5 nitrogen and oxygen atoms in total. The molecule has 1 aliphatic rings. The van der Waals surface area contributed by atoms with Crippen molar-refractivity contribution >= 4 is 68.4 Å². The molecule has 8 heteroatoms. The molecule has 2 amide bonds. The summed E-state index contributed by atoms with van der Waals surface area (Å²) < 4.78 is 5.97. The Morgan fingerprint density at radius 1 is 1.19 bits per heavy atom. The van der Waals surface area contributed by atoms with E-state index < -0.39 is 11.8 Å². The molecule has 0 bridgehead atoms. The lowest BCUT2D eigenvalue weighted by Crippen LogP contribution is -2.54. The second-order valence-electron chi connectivity index (χ2n) is 5.33. The number of benzene rings is 2. The zero-order chi connectivity index (χ0) is 18.8. The number of thiocarbonyl (C=S) groups is 1. The van der Waals surface area contributed by atoms with Crippen molar-refractivity contribution in [2.45, 2.75) is 0 Å². The second-order valence-corrected chi connectivity index (χ2v) is 7.04. The molecule has 0 saturated carbocycles. The molecule has 2 aromatic carbocycles. The molecule has 2 aromatic rings. The Morgan fingerprint density at radius 3 is 2.50 bits per heavy atom. The van der Waals surface area contributed by atoms with E-state index in [-0.39, 0.29) is 10.7 Å². The summed E-state index contributed by atoms with van der Waals surface area (Å²) in [6.45, 7) is 0. The van der Waals surface area contributed by atoms with E-state index in [0.29, 0.717) is 22.0 Å². The van der Waals surface area contributed by atoms with Gasteiger partial charge in [-0.25, -0.2) is 0 Å². The molecule has 1 heterocycles. The number of amides is 2. The van der Waals surface area contributed by atoms with Crippen molar-refractivity contribution < 1.29 is 14.3 Å². The number of carbonyl (C=O) groups excluding carboxylic acids is 2. The van der Waals surface area contributed by atoms with Crippen molar-refractivity contribution in [3.8, 4) is 5.75 Å². The van der Waals surface area contributed by atoms with Gasteiger partial charge >= 0.3 is 0 Å². The van der Waals surface area contributed by atoms with Crippen LogP contribution in [-0.2, 0) is 9.59 Å². The van der Waals surface area contributed by atoms with E-state index in [4.69, 9.17) is 28.6 Å². The van der Waals surface area contributed by atoms with Gasteiger partial charge in [-0.05, 0) is 60.3 Å². The number of nitrogens with zero attached hydrogens (tertiary/aromatic N) is 1. The third kappa shape index (κ3) is 3.65. The van der Waals surface area contributed by atoms with Crippen molar-refractivity contribution in [1.29, 1.82) is 0 Å². The van der Waals surface area contributed by atoms with Crippen LogP contribution in [0.25, 0.3) is 6.08 Å². The van der Waals surface area contributed by atoms with Gasteiger partial charge in [0.1, 0.15) is 11.3 Å². The van der Waals surface area contributed by atoms with Crippen LogP contribution in [-0.4, -0.2) is 24.0 Å². The second kappa shape index (κ2) is 7.57. The normalized spacial score (nSPS) is 16.0. The number of hydrogen-bond acceptors (Lipinski definition) is 4. The van der Waals surface area contributed by atoms with Gasteiger partial charge in [0, 0.05) is 4.47 Å². The molecule has 0 spiro atoms. The molecular formula is C18H12BrClN2O3S. The van der Waals surface area contributed by atoms with Crippen LogP contribution < -0.4 is 15.0 Å². The fraction of sp³-hybridized carbons (Fsp3) is 0.0556. The Kier molecular flexibility index (Phi) is 5.41. The van der Waals surface area contributed by atoms with Crippen molar-refractivity contribution in [3.05, 3.63) is 63.1 Å². The lowest BCUT2D eigenvalue weighted by atomic mass is 10.1. The Bertz CT molecular complexity index is 944. The maximum Gasteiger partial charge on any atom is 0.270 e. The average molecular weight is 452 g/mol. The first-order chi connectivity index (χ1) is 12.4. The van der Waals surface area contributed by atoms with E-state index in [1.165, 1.54) is 18.1 Å². The summed E-state index contributed by atoms with van der Waals surface area (Å²) in [4.78, 5) is 26.4. The quantitative estimate of drug-likeness (QED) is 0.436. The topological polar surface area (TPSA) is 58.6 Å². The van der Waals surface area contributed by atoms with Crippen LogP contribution in [0.3, 0.4) is 0 Å². The molecule has 1 saturated heterocycles. The van der Waals surface area contributed by atoms with Crippen LogP contribution in [0, 0.1) is 0 Å². The van der Waals surface area contributed by atoms with E-state index in [9.17, 15) is 9.59 Å². The number of carbonyl (C=O) groups is 2. The highest BCUT2D eigenvalue weighted by atomic mass is 79.9. The van der Waals surface area contributed by atoms with Crippen LogP contribution in [0.15, 0.2) is 52.5 Å². The standard InChI is InChI=1S/C18H12BrClN2O3S/c1-25-15-7-2-10(9-14(15)20)8-13-16(23)21-18(26)22(17(13)24)12-5-3-11(19)4-6-12/h2-9H,1H3,(H,21,23,26)/b13-8-. The van der Waals surface area contributed by atoms with Crippen molar-refractivity contribution in [1.82, 2.24) is 5.32 Å². The Balaban J connectivity index is 1.99. The first-order valence-electron chi connectivity index (χ1n) is 7.41. The fourth-order valence-electron chi connectivity index (χ4n) is 2.42. The highest BCUT2D eigenvalue weighted by molar-refractivity contribution is 9.10. The molecule has 3 rings (SSSR count). The maximum atomic E-state index is 12.9. The van der Waals surface area contributed by atoms with Gasteiger partial charge in [0.25, 0.3) is 11.8 Å². The van der Waals surface area contributed by atoms with E-state index in [1.807, 2.05) is 0 Å². The molecule has 1 fully saturated rings. The summed E-state index contributed by atoms with van der Waals surface area (Å²) >= 11 is 14.6. The van der Waals surface area contributed by atoms with Gasteiger partial charge in [-0.2, -0.15) is 0 Å². The lowest BCUT2D eigenvalue weighted by Gasteiger charge is -2.29. The van der Waals surface area contributed by atoms with Gasteiger partial charge in [-0.3, -0.25) is 19.8 Å². The molecule has 0 aromatic heterocycles. The van der Waals surface area contributed by atoms with Gasteiger partial charge in [0.05, 0.1) is 17.8 Å². The van der Waals surface area contributed by atoms with Gasteiger partial charge in [0.15, 0.2) is 5.11 Å². The maximum absolute atomic E-state index is 12.9. The number of anilines is 1. The van der Waals surface area contributed by atoms with Gasteiger partial charge in [-0.15, -0.1) is 0 Å². The zero-order valence-electron chi connectivity index (χ0n) is 13.5. The van der Waals surface area contributed by atoms with Crippen LogP contribution in [0.5, 0.6) is 5.75 Å². The van der Waals surface area contributed by atoms with Crippen LogP contribution in [0.4, 0.5) is 5.69 Å². The predicted molar refractivity (Wildman–Crippen MR) is 108 cm³/mol. The Hall–Kier alpha value is -2.22. The summed E-state index contributed by atoms with van der Waals surface area (Å²) in [5, 5.41) is 2.96. The van der Waals surface area contributed by atoms with Crippen molar-refractivity contribution in [3.63, 3.8) is 0 Å². The van der Waals surface area contributed by atoms with Gasteiger partial charge in [-0.1, -0.05) is 33.6 Å². The molecule has 1 aliphatic heterocycles. The first-order valence-corrected chi connectivity index (χ1v) is 8.99. The van der Waals surface area contributed by atoms with Crippen molar-refractivity contribution in [2.24, 2.45) is 0 Å². The third-order valence-corrected chi connectivity index (χ3v) is 4.78. The number of nitrogens with one attached hydrogen (secondary N) is 1. The molecule has 26 heavy (non-hydrogen) atoms. The summed E-state index contributed by atoms with van der Waals surface area (Å²) in [7, 11) is 1.51. The average Bonchev–Trinajstić information content (AvgIpc) is 2.60. The molecule has 0 aliphatic carbocycles. The summed E-state index contributed by atoms with van der Waals surface area (Å²) in [6.07, 6.45) is 1.47. The highest BCUT2D eigenvalue weighted by Gasteiger charge is 2.34. The number of rotatable bonds is 3. The molecule has 1 N–H and O–H groups in total. The number of halogens is 2. The fourth-order valence-corrected chi connectivity index (χ4v) is 3.23. The van der Waals surface area contributed by atoms with Crippen molar-refractivity contribution in [2.75, 3.05) is 12.0 Å². The first kappa shape index (κ1) is 18.6. The summed E-state index contributed by atoms with van der Waals surface area (Å²) in [6, 6.07) is 12.0. The summed E-state index contributed by atoms with van der Waals surface area (Å²) in [5.74, 6) is -0.556. The minimum atomic E-state index is -0.555. The van der Waals surface area contributed by atoms with Crippen LogP contribution in [0.1, 0.15) is 5.56 Å². The smallest absolute Gasteiger partial charge is 0.270 e. The number of hydrogen-bond donors (Lipinski definition) is 1. The van der Waals surface area contributed by atoms with Crippen LogP contribution in [0.2, 0.25) is 5.02 Å². The number of methoxy groups -OCH3 is 1. The SMILES string of the molecule is COc1ccc(/C=C2/C(=O)NC(=S)N(c3ccc(Br)cc3)C2=O)cc1Cl. The Morgan fingerprint density at radius 2 is 1.88 bits per heavy atom. The van der Waals surface area contributed by atoms with E-state index in [2.05, 4.69) is 21.2 Å². The van der Waals surface area contributed by atoms with E-state index in [1.54, 1.807) is 42.5 Å². The van der Waals surface area contributed by atoms with Gasteiger partial charge < -0.3 is 4.74 Å². The number of ether oxygens (including phenoxy) is 1. The molecule has 0 radical (unpaired) electrons. The lowest BCUT2D eigenvalue weighted by molar-refractivity contribution is -0.122. The Labute approximate surface area is 168 Å². The molecule has 0 unspecified atom stereocenters. The minimum Gasteiger partial charge on any atom is -0.495 e. The zero-order valence-corrected chi connectivity index (χ0v) is 16.6. The highest BCUT2D eigenvalue weighted by Crippen LogP contribution is 2.27. The molecular weight excluding hydrogens is 440 g/mol. The minimum absolute atomic E-state index is 0.0345. The summed E-state index contributed by atoms with van der Waals surface area (Å²) in [5.41, 5.74) is 1.11. The van der Waals surface area contributed by atoms with Crippen LogP contribution >= 0.6 is 39.7 Å².